The van der Waals surface area contributed by atoms with Gasteiger partial charge in [0.05, 0.1) is 0 Å². The van der Waals surface area contributed by atoms with E-state index in [2.05, 4.69) is 47.0 Å². The Morgan fingerprint density at radius 2 is 1.81 bits per heavy atom. The van der Waals surface area contributed by atoms with E-state index in [0.717, 1.165) is 5.56 Å². The van der Waals surface area contributed by atoms with E-state index in [-0.39, 0.29) is 0 Å². The van der Waals surface area contributed by atoms with E-state index in [4.69, 9.17) is 0 Å². The Hall–Kier alpha value is -1.54. The highest BCUT2D eigenvalue weighted by molar-refractivity contribution is 8.01. The van der Waals surface area contributed by atoms with Gasteiger partial charge in [0.2, 0.25) is 0 Å². The van der Waals surface area contributed by atoms with E-state index in [0.29, 0.717) is 0 Å². The van der Waals surface area contributed by atoms with Crippen molar-refractivity contribution in [3.05, 3.63) is 71.4 Å². The Kier molecular flexibility index (Phi) is 3.78. The molecule has 80 valence electrons. The fraction of sp³-hybridized carbons (Fsp3) is 0.0714. The van der Waals surface area contributed by atoms with Gasteiger partial charge >= 0.3 is 0 Å². The first kappa shape index (κ1) is 11.0. The average molecular weight is 227 g/mol. The molecular formula is C14H13NS. The fourth-order valence-corrected chi connectivity index (χ4v) is 2.07. The first-order valence-corrected chi connectivity index (χ1v) is 6.39. The molecule has 1 nitrogen and oxygen atoms in total. The Morgan fingerprint density at radius 1 is 1.06 bits per heavy atom. The van der Waals surface area contributed by atoms with Crippen LogP contribution in [0.15, 0.2) is 60.3 Å². The zero-order chi connectivity index (χ0) is 11.2. The van der Waals surface area contributed by atoms with Gasteiger partial charge in [0.1, 0.15) is 0 Å². The van der Waals surface area contributed by atoms with Crippen molar-refractivity contribution in [3.63, 3.8) is 0 Å². The van der Waals surface area contributed by atoms with Gasteiger partial charge in [-0.3, -0.25) is 4.98 Å². The van der Waals surface area contributed by atoms with Crippen molar-refractivity contribution in [2.24, 2.45) is 0 Å². The molecule has 0 fully saturated rings. The number of benzene rings is 1. The lowest BCUT2D eigenvalue weighted by atomic mass is 10.0. The molecular weight excluding hydrogens is 214 g/mol. The van der Waals surface area contributed by atoms with Crippen LogP contribution in [0.2, 0.25) is 0 Å². The van der Waals surface area contributed by atoms with Gasteiger partial charge in [-0.1, -0.05) is 36.4 Å². The predicted molar refractivity (Wildman–Crippen MR) is 71.3 cm³/mol. The van der Waals surface area contributed by atoms with Crippen LogP contribution in [-0.2, 0) is 0 Å². The van der Waals surface area contributed by atoms with Gasteiger partial charge < -0.3 is 0 Å². The van der Waals surface area contributed by atoms with Crippen molar-refractivity contribution in [1.29, 1.82) is 0 Å². The molecule has 16 heavy (non-hydrogen) atoms. The molecule has 0 aliphatic carbocycles. The lowest BCUT2D eigenvalue weighted by Gasteiger charge is -2.06. The van der Waals surface area contributed by atoms with Crippen molar-refractivity contribution in [1.82, 2.24) is 4.98 Å². The summed E-state index contributed by atoms with van der Waals surface area (Å²) in [5, 5.41) is 2.16. The number of aromatic nitrogens is 1. The van der Waals surface area contributed by atoms with Crippen LogP contribution in [0.1, 0.15) is 11.1 Å². The third kappa shape index (κ3) is 2.52. The molecule has 1 aromatic heterocycles. The quantitative estimate of drug-likeness (QED) is 0.790. The SMILES string of the molecule is CS/C=C(\c1ccccc1)c1cccnc1. The van der Waals surface area contributed by atoms with Crippen molar-refractivity contribution >= 4 is 17.3 Å². The van der Waals surface area contributed by atoms with Crippen molar-refractivity contribution < 1.29 is 0 Å². The van der Waals surface area contributed by atoms with Crippen molar-refractivity contribution in [3.8, 4) is 0 Å². The highest BCUT2D eigenvalue weighted by Gasteiger charge is 2.03. The summed E-state index contributed by atoms with van der Waals surface area (Å²) < 4.78 is 0. The van der Waals surface area contributed by atoms with E-state index < -0.39 is 0 Å². The van der Waals surface area contributed by atoms with Crippen LogP contribution in [-0.4, -0.2) is 11.2 Å². The van der Waals surface area contributed by atoms with E-state index in [1.807, 2.05) is 18.3 Å². The minimum Gasteiger partial charge on any atom is -0.264 e. The molecule has 0 saturated carbocycles. The summed E-state index contributed by atoms with van der Waals surface area (Å²) in [6.07, 6.45) is 5.76. The van der Waals surface area contributed by atoms with Gasteiger partial charge in [0, 0.05) is 18.0 Å². The van der Waals surface area contributed by atoms with Gasteiger partial charge in [-0.15, -0.1) is 11.8 Å². The minimum atomic E-state index is 1.16. The highest BCUT2D eigenvalue weighted by Crippen LogP contribution is 2.24. The smallest absolute Gasteiger partial charge is 0.0346 e. The van der Waals surface area contributed by atoms with Crippen molar-refractivity contribution in [2.75, 3.05) is 6.26 Å². The second-order valence-electron chi connectivity index (χ2n) is 3.37. The normalized spacial score (nSPS) is 11.4. The molecule has 2 heteroatoms. The maximum atomic E-state index is 4.16. The molecule has 2 rings (SSSR count). The number of thioether (sulfide) groups is 1. The Bertz CT molecular complexity index is 421. The minimum absolute atomic E-state index is 1.16. The standard InChI is InChI=1S/C14H13NS/c1-16-11-14(12-6-3-2-4-7-12)13-8-5-9-15-10-13/h2-11H,1H3/b14-11+. The van der Waals surface area contributed by atoms with Gasteiger partial charge in [-0.05, 0) is 28.9 Å². The lowest BCUT2D eigenvalue weighted by molar-refractivity contribution is 1.31. The number of pyridine rings is 1. The predicted octanol–water partition coefficient (Wildman–Crippen LogP) is 3.83. The number of hydrogen-bond acceptors (Lipinski definition) is 2. The average Bonchev–Trinajstić information content (AvgIpc) is 2.38. The van der Waals surface area contributed by atoms with Gasteiger partial charge in [-0.25, -0.2) is 0 Å². The van der Waals surface area contributed by atoms with Crippen LogP contribution in [0.25, 0.3) is 5.57 Å². The Balaban J connectivity index is 2.44. The van der Waals surface area contributed by atoms with E-state index in [1.54, 1.807) is 18.0 Å². The van der Waals surface area contributed by atoms with Crippen LogP contribution in [0, 0.1) is 0 Å². The summed E-state index contributed by atoms with van der Waals surface area (Å²) in [6, 6.07) is 14.4. The molecule has 0 spiro atoms. The molecule has 0 saturated heterocycles. The summed E-state index contributed by atoms with van der Waals surface area (Å²) in [4.78, 5) is 4.16. The molecule has 1 heterocycles. The zero-order valence-electron chi connectivity index (χ0n) is 9.13. The fourth-order valence-electron chi connectivity index (χ4n) is 1.56. The van der Waals surface area contributed by atoms with Crippen molar-refractivity contribution in [2.45, 2.75) is 0 Å². The third-order valence-electron chi connectivity index (χ3n) is 2.29. The molecule has 0 radical (unpaired) electrons. The van der Waals surface area contributed by atoms with Gasteiger partial charge in [0.25, 0.3) is 0 Å². The van der Waals surface area contributed by atoms with E-state index in [1.165, 1.54) is 11.1 Å². The summed E-state index contributed by atoms with van der Waals surface area (Å²) >= 11 is 1.71. The maximum Gasteiger partial charge on any atom is 0.0346 e. The second-order valence-corrected chi connectivity index (χ2v) is 4.08. The lowest BCUT2D eigenvalue weighted by Crippen LogP contribution is -1.87. The number of hydrogen-bond donors (Lipinski definition) is 0. The maximum absolute atomic E-state index is 4.16. The van der Waals surface area contributed by atoms with E-state index in [9.17, 15) is 0 Å². The van der Waals surface area contributed by atoms with E-state index >= 15 is 0 Å². The monoisotopic (exact) mass is 227 g/mol. The number of rotatable bonds is 3. The topological polar surface area (TPSA) is 12.9 Å². The zero-order valence-corrected chi connectivity index (χ0v) is 9.95. The third-order valence-corrected chi connectivity index (χ3v) is 2.76. The summed E-state index contributed by atoms with van der Waals surface area (Å²) in [6.45, 7) is 0. The second kappa shape index (κ2) is 5.52. The van der Waals surface area contributed by atoms with Crippen LogP contribution < -0.4 is 0 Å². The first-order chi connectivity index (χ1) is 7.92. The van der Waals surface area contributed by atoms with Crippen LogP contribution in [0.5, 0.6) is 0 Å². The Morgan fingerprint density at radius 3 is 2.44 bits per heavy atom. The molecule has 0 N–H and O–H groups in total. The first-order valence-electron chi connectivity index (χ1n) is 5.10. The molecule has 2 aromatic rings. The Labute approximate surface area is 100 Å². The molecule has 0 aliphatic rings. The van der Waals surface area contributed by atoms with Gasteiger partial charge in [0.15, 0.2) is 0 Å². The molecule has 1 aromatic carbocycles. The van der Waals surface area contributed by atoms with Crippen LogP contribution in [0.4, 0.5) is 0 Å². The summed E-state index contributed by atoms with van der Waals surface area (Å²) in [5.74, 6) is 0. The molecule has 0 aliphatic heterocycles. The van der Waals surface area contributed by atoms with Crippen LogP contribution in [0.3, 0.4) is 0 Å². The molecule has 0 bridgehead atoms. The summed E-state index contributed by atoms with van der Waals surface area (Å²) in [5.41, 5.74) is 3.61. The highest BCUT2D eigenvalue weighted by atomic mass is 32.2. The molecule has 0 amide bonds. The molecule has 0 atom stereocenters. The summed E-state index contributed by atoms with van der Waals surface area (Å²) in [7, 11) is 0. The van der Waals surface area contributed by atoms with Gasteiger partial charge in [-0.2, -0.15) is 0 Å². The molecule has 0 unspecified atom stereocenters. The largest absolute Gasteiger partial charge is 0.264 e. The number of nitrogens with zero attached hydrogens (tertiary/aromatic N) is 1. The van der Waals surface area contributed by atoms with Crippen LogP contribution >= 0.6 is 11.8 Å².